The molecule has 11 nitrogen and oxygen atoms in total. The topological polar surface area (TPSA) is 108 Å². The minimum atomic E-state index is -0.287. The van der Waals surface area contributed by atoms with E-state index in [1.165, 1.54) is 0 Å². The minimum Gasteiger partial charge on any atom is -0.450 e. The van der Waals surface area contributed by atoms with Crippen LogP contribution in [0, 0.1) is 6.92 Å². The number of anilines is 3. The summed E-state index contributed by atoms with van der Waals surface area (Å²) < 4.78 is 6.89. The van der Waals surface area contributed by atoms with E-state index in [1.54, 1.807) is 9.42 Å². The van der Waals surface area contributed by atoms with Crippen molar-refractivity contribution in [2.75, 3.05) is 50.6 Å². The molecule has 2 aliphatic rings. The second-order valence-electron chi connectivity index (χ2n) is 11.4. The lowest BCUT2D eigenvalue weighted by molar-refractivity contribution is 0.0732. The molecule has 0 saturated carbocycles. The fourth-order valence-electron chi connectivity index (χ4n) is 5.92. The van der Waals surface area contributed by atoms with Gasteiger partial charge in [0.2, 0.25) is 5.95 Å². The monoisotopic (exact) mass is 594 g/mol. The second-order valence-corrected chi connectivity index (χ2v) is 11.4. The average Bonchev–Trinajstić information content (AvgIpc) is 3.68. The fourth-order valence-corrected chi connectivity index (χ4v) is 5.92. The number of ether oxygens (including phenoxy) is 1. The first-order chi connectivity index (χ1) is 21.3. The third-order valence-electron chi connectivity index (χ3n) is 8.16. The van der Waals surface area contributed by atoms with Crippen LogP contribution >= 0.6 is 0 Å². The first-order valence-electron chi connectivity index (χ1n) is 15.1. The van der Waals surface area contributed by atoms with Gasteiger partial charge in [-0.05, 0) is 87.2 Å². The van der Waals surface area contributed by atoms with E-state index in [-0.39, 0.29) is 18.0 Å². The van der Waals surface area contributed by atoms with E-state index >= 15 is 0 Å². The van der Waals surface area contributed by atoms with Crippen molar-refractivity contribution in [2.24, 2.45) is 0 Å². The van der Waals surface area contributed by atoms with Crippen molar-refractivity contribution in [3.8, 4) is 0 Å². The molecule has 6 rings (SSSR count). The van der Waals surface area contributed by atoms with Gasteiger partial charge in [0, 0.05) is 68.1 Å². The van der Waals surface area contributed by atoms with Crippen LogP contribution in [0.1, 0.15) is 59.5 Å². The van der Waals surface area contributed by atoms with Gasteiger partial charge in [-0.2, -0.15) is 4.98 Å². The van der Waals surface area contributed by atoms with E-state index in [2.05, 4.69) is 27.4 Å². The number of carbonyl (C=O) groups excluding carboxylic acids is 2. The lowest BCUT2D eigenvalue weighted by Gasteiger charge is -2.26. The number of carbonyl (C=O) groups is 2. The molecule has 44 heavy (non-hydrogen) atoms. The van der Waals surface area contributed by atoms with Crippen molar-refractivity contribution < 1.29 is 14.3 Å². The number of benzene rings is 1. The van der Waals surface area contributed by atoms with Crippen LogP contribution in [0.3, 0.4) is 0 Å². The average molecular weight is 595 g/mol. The standard InChI is InChI=1S/C33H38N8O3/c1-5-44-33(43)39-18-14-23(15-19-39)27-8-6-17-41-30(27)36-32(37-41)35-25-12-10-24(11-13-25)31(42)40-16-7-9-29(40)28-21-26(38(3)4)20-22(2)34-28/h6,8,10-14,17,20-21,29H,5,7,9,15-16,18-19H2,1-4H3,(H,35,37). The highest BCUT2D eigenvalue weighted by Crippen LogP contribution is 2.34. The Morgan fingerprint density at radius 3 is 2.64 bits per heavy atom. The van der Waals surface area contributed by atoms with Gasteiger partial charge < -0.3 is 24.8 Å². The van der Waals surface area contributed by atoms with Gasteiger partial charge in [-0.1, -0.05) is 6.08 Å². The molecule has 0 aliphatic carbocycles. The van der Waals surface area contributed by atoms with Crippen molar-refractivity contribution in [3.63, 3.8) is 0 Å². The summed E-state index contributed by atoms with van der Waals surface area (Å²) in [6.07, 6.45) is 6.18. The predicted molar refractivity (Wildman–Crippen MR) is 170 cm³/mol. The molecule has 1 fully saturated rings. The Labute approximate surface area is 257 Å². The Kier molecular flexibility index (Phi) is 8.19. The van der Waals surface area contributed by atoms with Crippen LogP contribution in [0.5, 0.6) is 0 Å². The van der Waals surface area contributed by atoms with Crippen molar-refractivity contribution in [1.82, 2.24) is 29.4 Å². The van der Waals surface area contributed by atoms with Crippen LogP contribution in [0.2, 0.25) is 0 Å². The predicted octanol–water partition coefficient (Wildman–Crippen LogP) is 5.47. The third-order valence-corrected chi connectivity index (χ3v) is 8.16. The third kappa shape index (κ3) is 5.95. The van der Waals surface area contributed by atoms with Crippen LogP contribution < -0.4 is 10.2 Å². The molecule has 1 N–H and O–H groups in total. The molecule has 4 aromatic rings. The Balaban J connectivity index is 1.16. The number of hydrogen-bond donors (Lipinski definition) is 1. The molecule has 228 valence electrons. The summed E-state index contributed by atoms with van der Waals surface area (Å²) >= 11 is 0. The summed E-state index contributed by atoms with van der Waals surface area (Å²) in [6, 6.07) is 15.5. The molecule has 1 atom stereocenters. The first-order valence-corrected chi connectivity index (χ1v) is 15.1. The summed E-state index contributed by atoms with van der Waals surface area (Å²) in [4.78, 5) is 41.0. The number of fused-ring (bicyclic) bond motifs is 1. The molecule has 1 unspecified atom stereocenters. The molecule has 3 aromatic heterocycles. The number of aryl methyl sites for hydroxylation is 1. The Morgan fingerprint density at radius 2 is 1.91 bits per heavy atom. The van der Waals surface area contributed by atoms with E-state index in [0.717, 1.165) is 52.4 Å². The molecule has 0 spiro atoms. The van der Waals surface area contributed by atoms with Gasteiger partial charge in [-0.3, -0.25) is 9.78 Å². The summed E-state index contributed by atoms with van der Waals surface area (Å²) in [7, 11) is 4.03. The van der Waals surface area contributed by atoms with E-state index < -0.39 is 0 Å². The maximum absolute atomic E-state index is 13.6. The summed E-state index contributed by atoms with van der Waals surface area (Å²) in [5.41, 5.74) is 7.24. The van der Waals surface area contributed by atoms with Crippen LogP contribution in [-0.2, 0) is 4.74 Å². The zero-order valence-electron chi connectivity index (χ0n) is 25.7. The number of hydrogen-bond acceptors (Lipinski definition) is 8. The van der Waals surface area contributed by atoms with Gasteiger partial charge >= 0.3 is 6.09 Å². The Bertz CT molecular complexity index is 1710. The SMILES string of the molecule is CCOC(=O)N1CC=C(c2cccn3nc(Nc4ccc(C(=O)N5CCCC5c5cc(N(C)C)cc(C)n5)cc4)nc23)CC1. The number of amides is 2. The second kappa shape index (κ2) is 12.4. The highest BCUT2D eigenvalue weighted by Gasteiger charge is 2.32. The molecule has 1 aromatic carbocycles. The van der Waals surface area contributed by atoms with E-state index in [4.69, 9.17) is 14.7 Å². The molecule has 5 heterocycles. The quantitative estimate of drug-likeness (QED) is 0.300. The van der Waals surface area contributed by atoms with E-state index in [9.17, 15) is 9.59 Å². The van der Waals surface area contributed by atoms with Gasteiger partial charge in [0.15, 0.2) is 5.65 Å². The number of pyridine rings is 2. The molecule has 2 amide bonds. The van der Waals surface area contributed by atoms with Crippen LogP contribution in [-0.4, -0.2) is 81.7 Å². The van der Waals surface area contributed by atoms with Crippen molar-refractivity contribution >= 4 is 40.5 Å². The Hall–Kier alpha value is -4.93. The lowest BCUT2D eigenvalue weighted by atomic mass is 10.0. The molecule has 0 bridgehead atoms. The number of nitrogens with one attached hydrogen (secondary N) is 1. The van der Waals surface area contributed by atoms with Crippen molar-refractivity contribution in [2.45, 2.75) is 39.2 Å². The lowest BCUT2D eigenvalue weighted by Crippen LogP contribution is -2.35. The summed E-state index contributed by atoms with van der Waals surface area (Å²) in [6.45, 7) is 5.96. The molecule has 2 aliphatic heterocycles. The normalized spacial score (nSPS) is 16.6. The number of aromatic nitrogens is 4. The van der Waals surface area contributed by atoms with Crippen molar-refractivity contribution in [1.29, 1.82) is 0 Å². The summed E-state index contributed by atoms with van der Waals surface area (Å²) in [5, 5.41) is 7.90. The van der Waals surface area contributed by atoms with E-state index in [1.807, 2.05) is 81.5 Å². The number of likely N-dealkylation sites (tertiary alicyclic amines) is 1. The Morgan fingerprint density at radius 1 is 1.09 bits per heavy atom. The van der Waals surface area contributed by atoms with Crippen LogP contribution in [0.25, 0.3) is 11.2 Å². The van der Waals surface area contributed by atoms with Gasteiger partial charge in [0.1, 0.15) is 0 Å². The van der Waals surface area contributed by atoms with Gasteiger partial charge in [-0.25, -0.2) is 9.31 Å². The zero-order chi connectivity index (χ0) is 30.8. The van der Waals surface area contributed by atoms with Crippen LogP contribution in [0.4, 0.5) is 22.1 Å². The van der Waals surface area contributed by atoms with Gasteiger partial charge in [0.05, 0.1) is 18.3 Å². The van der Waals surface area contributed by atoms with Gasteiger partial charge in [0.25, 0.3) is 5.91 Å². The maximum atomic E-state index is 13.6. The molecule has 11 heteroatoms. The maximum Gasteiger partial charge on any atom is 0.410 e. The van der Waals surface area contributed by atoms with Crippen molar-refractivity contribution in [3.05, 3.63) is 83.3 Å². The van der Waals surface area contributed by atoms with E-state index in [0.29, 0.717) is 44.2 Å². The summed E-state index contributed by atoms with van der Waals surface area (Å²) in [5.74, 6) is 0.467. The molecular formula is C33H38N8O3. The molecular weight excluding hydrogens is 556 g/mol. The first kappa shape index (κ1) is 29.2. The minimum absolute atomic E-state index is 0.00605. The van der Waals surface area contributed by atoms with Crippen LogP contribution in [0.15, 0.2) is 60.8 Å². The molecule has 0 radical (unpaired) electrons. The molecule has 1 saturated heterocycles. The number of rotatable bonds is 7. The highest BCUT2D eigenvalue weighted by molar-refractivity contribution is 5.95. The highest BCUT2D eigenvalue weighted by atomic mass is 16.6. The zero-order valence-corrected chi connectivity index (χ0v) is 25.7. The fraction of sp³-hybridized carbons (Fsp3) is 0.364. The van der Waals surface area contributed by atoms with Gasteiger partial charge in [-0.15, -0.1) is 5.10 Å². The number of nitrogens with zero attached hydrogens (tertiary/aromatic N) is 7. The largest absolute Gasteiger partial charge is 0.450 e. The smallest absolute Gasteiger partial charge is 0.410 e.